The van der Waals surface area contributed by atoms with E-state index >= 15 is 0 Å². The Morgan fingerprint density at radius 3 is 2.48 bits per heavy atom. The van der Waals surface area contributed by atoms with Crippen LogP contribution in [0.2, 0.25) is 0 Å². The molecule has 1 saturated heterocycles. The molecule has 2 N–H and O–H groups in total. The minimum Gasteiger partial charge on any atom is -0.466 e. The molecule has 1 fully saturated rings. The van der Waals surface area contributed by atoms with Gasteiger partial charge in [0.25, 0.3) is 0 Å². The summed E-state index contributed by atoms with van der Waals surface area (Å²) in [5.74, 6) is -0.406. The maximum atomic E-state index is 12.7. The van der Waals surface area contributed by atoms with E-state index in [1.54, 1.807) is 32.6 Å². The first-order chi connectivity index (χ1) is 13.7. The van der Waals surface area contributed by atoms with E-state index in [9.17, 15) is 14.4 Å². The van der Waals surface area contributed by atoms with Crippen molar-refractivity contribution in [2.45, 2.75) is 64.8 Å². The first kappa shape index (κ1) is 22.5. The van der Waals surface area contributed by atoms with Crippen LogP contribution in [-0.2, 0) is 20.8 Å². The molecule has 1 heterocycles. The highest BCUT2D eigenvalue weighted by atomic mass is 16.6. The number of nitrogens with zero attached hydrogens (tertiary/aromatic N) is 1. The van der Waals surface area contributed by atoms with E-state index in [-0.39, 0.29) is 19.1 Å². The molecule has 0 aromatic heterocycles. The molecule has 0 aliphatic carbocycles. The van der Waals surface area contributed by atoms with E-state index in [1.165, 1.54) is 0 Å². The highest BCUT2D eigenvalue weighted by Crippen LogP contribution is 2.22. The third kappa shape index (κ3) is 7.29. The molecule has 1 aliphatic rings. The van der Waals surface area contributed by atoms with E-state index < -0.39 is 29.7 Å². The summed E-state index contributed by atoms with van der Waals surface area (Å²) in [6, 6.07) is 8.39. The van der Waals surface area contributed by atoms with Crippen LogP contribution in [-0.4, -0.2) is 53.8 Å². The lowest BCUT2D eigenvalue weighted by Gasteiger charge is -2.29. The smallest absolute Gasteiger partial charge is 0.407 e. The molecule has 0 spiro atoms. The molecule has 2 rings (SSSR count). The highest BCUT2D eigenvalue weighted by Gasteiger charge is 2.40. The second-order valence-corrected chi connectivity index (χ2v) is 7.96. The van der Waals surface area contributed by atoms with E-state index in [2.05, 4.69) is 10.6 Å². The molecule has 0 bridgehead atoms. The molecule has 1 aliphatic heterocycles. The van der Waals surface area contributed by atoms with Gasteiger partial charge in [0.2, 0.25) is 0 Å². The SMILES string of the molecule is CCOC(=O)C[C@H]1[C@H](NC(=O)OC(C)(C)C)CCN1C(=O)NCc1ccccc1. The molecule has 8 nitrogen and oxygen atoms in total. The molecule has 2 atom stereocenters. The van der Waals surface area contributed by atoms with Crippen LogP contribution in [0.25, 0.3) is 0 Å². The first-order valence-corrected chi connectivity index (χ1v) is 9.93. The van der Waals surface area contributed by atoms with Gasteiger partial charge in [-0.1, -0.05) is 30.3 Å². The predicted molar refractivity (Wildman–Crippen MR) is 108 cm³/mol. The van der Waals surface area contributed by atoms with Crippen LogP contribution in [0.3, 0.4) is 0 Å². The molecule has 1 aromatic rings. The zero-order valence-electron chi connectivity index (χ0n) is 17.6. The van der Waals surface area contributed by atoms with E-state index in [0.29, 0.717) is 19.5 Å². The highest BCUT2D eigenvalue weighted by molar-refractivity contribution is 5.77. The molecule has 3 amide bonds. The average molecular weight is 405 g/mol. The van der Waals surface area contributed by atoms with Crippen molar-refractivity contribution in [1.29, 1.82) is 0 Å². The minimum absolute atomic E-state index is 0.00701. The quantitative estimate of drug-likeness (QED) is 0.710. The van der Waals surface area contributed by atoms with Gasteiger partial charge in [-0.3, -0.25) is 4.79 Å². The van der Waals surface area contributed by atoms with Gasteiger partial charge >= 0.3 is 18.1 Å². The Labute approximate surface area is 171 Å². The number of carbonyl (C=O) groups excluding carboxylic acids is 3. The van der Waals surface area contributed by atoms with E-state index in [1.807, 2.05) is 30.3 Å². The molecule has 29 heavy (non-hydrogen) atoms. The van der Waals surface area contributed by atoms with Gasteiger partial charge < -0.3 is 25.0 Å². The van der Waals surface area contributed by atoms with Crippen molar-refractivity contribution in [2.24, 2.45) is 0 Å². The Morgan fingerprint density at radius 1 is 1.17 bits per heavy atom. The number of esters is 1. The van der Waals surface area contributed by atoms with Gasteiger partial charge in [-0.15, -0.1) is 0 Å². The van der Waals surface area contributed by atoms with Crippen LogP contribution in [0.15, 0.2) is 30.3 Å². The lowest BCUT2D eigenvalue weighted by atomic mass is 10.1. The largest absolute Gasteiger partial charge is 0.466 e. The molecule has 1 aromatic carbocycles. The molecule has 0 saturated carbocycles. The summed E-state index contributed by atoms with van der Waals surface area (Å²) in [7, 11) is 0. The molecule has 0 unspecified atom stereocenters. The number of alkyl carbamates (subject to hydrolysis) is 1. The van der Waals surface area contributed by atoms with E-state index in [0.717, 1.165) is 5.56 Å². The van der Waals surface area contributed by atoms with Crippen LogP contribution in [0.5, 0.6) is 0 Å². The van der Waals surface area contributed by atoms with Crippen LogP contribution in [0.1, 0.15) is 46.1 Å². The number of hydrogen-bond acceptors (Lipinski definition) is 5. The molecule has 8 heteroatoms. The van der Waals surface area contributed by atoms with Crippen molar-refractivity contribution >= 4 is 18.1 Å². The number of hydrogen-bond donors (Lipinski definition) is 2. The minimum atomic E-state index is -0.633. The van der Waals surface area contributed by atoms with Crippen molar-refractivity contribution in [3.63, 3.8) is 0 Å². The van der Waals surface area contributed by atoms with Crippen molar-refractivity contribution in [3.8, 4) is 0 Å². The van der Waals surface area contributed by atoms with Gasteiger partial charge in [0.15, 0.2) is 0 Å². The van der Waals surface area contributed by atoms with Gasteiger partial charge in [-0.05, 0) is 39.7 Å². The maximum Gasteiger partial charge on any atom is 0.407 e. The third-order valence-electron chi connectivity index (χ3n) is 4.48. The second kappa shape index (κ2) is 10.1. The predicted octanol–water partition coefficient (Wildman–Crippen LogP) is 2.82. The van der Waals surface area contributed by atoms with Crippen LogP contribution < -0.4 is 10.6 Å². The van der Waals surface area contributed by atoms with Gasteiger partial charge in [-0.25, -0.2) is 9.59 Å². The van der Waals surface area contributed by atoms with Crippen LogP contribution in [0.4, 0.5) is 9.59 Å². The first-order valence-electron chi connectivity index (χ1n) is 9.93. The third-order valence-corrected chi connectivity index (χ3v) is 4.48. The number of likely N-dealkylation sites (tertiary alicyclic amines) is 1. The molecular weight excluding hydrogens is 374 g/mol. The fourth-order valence-corrected chi connectivity index (χ4v) is 3.25. The van der Waals surface area contributed by atoms with Gasteiger partial charge in [0, 0.05) is 13.1 Å². The normalized spacial score (nSPS) is 18.8. The van der Waals surface area contributed by atoms with Crippen molar-refractivity contribution in [3.05, 3.63) is 35.9 Å². The Bertz CT molecular complexity index is 702. The van der Waals surface area contributed by atoms with Crippen molar-refractivity contribution in [2.75, 3.05) is 13.2 Å². The number of ether oxygens (including phenoxy) is 2. The Morgan fingerprint density at radius 2 is 1.86 bits per heavy atom. The summed E-state index contributed by atoms with van der Waals surface area (Å²) in [6.45, 7) is 8.13. The summed E-state index contributed by atoms with van der Waals surface area (Å²) in [6.07, 6.45) is -0.0299. The molecular formula is C21H31N3O5. The summed E-state index contributed by atoms with van der Waals surface area (Å²) in [5.41, 5.74) is 0.344. The van der Waals surface area contributed by atoms with Crippen molar-refractivity contribution in [1.82, 2.24) is 15.5 Å². The average Bonchev–Trinajstić information content (AvgIpc) is 3.01. The molecule has 0 radical (unpaired) electrons. The fraction of sp³-hybridized carbons (Fsp3) is 0.571. The molecule has 160 valence electrons. The number of urea groups is 1. The topological polar surface area (TPSA) is 97.0 Å². The summed E-state index contributed by atoms with van der Waals surface area (Å²) >= 11 is 0. The number of amides is 3. The maximum absolute atomic E-state index is 12.7. The number of rotatable bonds is 6. The van der Waals surface area contributed by atoms with E-state index in [4.69, 9.17) is 9.47 Å². The van der Waals surface area contributed by atoms with Gasteiger partial charge in [0.05, 0.1) is 25.1 Å². The summed E-state index contributed by atoms with van der Waals surface area (Å²) in [5, 5.41) is 5.68. The lowest BCUT2D eigenvalue weighted by Crippen LogP contribution is -2.51. The Kier molecular flexibility index (Phi) is 7.87. The Balaban J connectivity index is 2.03. The summed E-state index contributed by atoms with van der Waals surface area (Å²) < 4.78 is 10.4. The standard InChI is InChI=1S/C21H31N3O5/c1-5-28-18(25)13-17-16(23-20(27)29-21(2,3)4)11-12-24(17)19(26)22-14-15-9-7-6-8-10-15/h6-10,16-17H,5,11-14H2,1-4H3,(H,22,26)(H,23,27)/t16-,17+/m1/s1. The number of nitrogens with one attached hydrogen (secondary N) is 2. The zero-order valence-corrected chi connectivity index (χ0v) is 17.6. The van der Waals surface area contributed by atoms with Gasteiger partial charge in [-0.2, -0.15) is 0 Å². The Hall–Kier alpha value is -2.77. The lowest BCUT2D eigenvalue weighted by molar-refractivity contribution is -0.144. The van der Waals surface area contributed by atoms with Crippen LogP contribution in [0, 0.1) is 0 Å². The van der Waals surface area contributed by atoms with Crippen molar-refractivity contribution < 1.29 is 23.9 Å². The second-order valence-electron chi connectivity index (χ2n) is 7.96. The monoisotopic (exact) mass is 405 g/mol. The van der Waals surface area contributed by atoms with Crippen LogP contribution >= 0.6 is 0 Å². The summed E-state index contributed by atoms with van der Waals surface area (Å²) in [4.78, 5) is 38.6. The number of benzene rings is 1. The fourth-order valence-electron chi connectivity index (χ4n) is 3.25. The number of carbonyl (C=O) groups is 3. The zero-order chi connectivity index (χ0) is 21.4. The van der Waals surface area contributed by atoms with Gasteiger partial charge in [0.1, 0.15) is 5.60 Å².